The summed E-state index contributed by atoms with van der Waals surface area (Å²) in [5.74, 6) is -1.10. The minimum absolute atomic E-state index is 0.0965. The summed E-state index contributed by atoms with van der Waals surface area (Å²) < 4.78 is 43.7. The molecule has 0 saturated carbocycles. The molecule has 0 atom stereocenters. The molecule has 0 unspecified atom stereocenters. The van der Waals surface area contributed by atoms with Crippen LogP contribution in [-0.4, -0.2) is 17.7 Å². The third kappa shape index (κ3) is 3.78. The van der Waals surface area contributed by atoms with Crippen LogP contribution in [0.4, 0.5) is 13.2 Å². The van der Waals surface area contributed by atoms with Crippen LogP contribution >= 0.6 is 0 Å². The van der Waals surface area contributed by atoms with Gasteiger partial charge in [-0.05, 0) is 30.7 Å². The molecule has 2 aromatic rings. The second kappa shape index (κ2) is 6.09. The van der Waals surface area contributed by atoms with Gasteiger partial charge in [0.1, 0.15) is 5.75 Å². The van der Waals surface area contributed by atoms with Crippen molar-refractivity contribution in [2.45, 2.75) is 13.1 Å². The van der Waals surface area contributed by atoms with Crippen LogP contribution in [-0.2, 0) is 11.0 Å². The Morgan fingerprint density at radius 1 is 1.14 bits per heavy atom. The molecule has 1 N–H and O–H groups in total. The highest BCUT2D eigenvalue weighted by Crippen LogP contribution is 2.37. The molecule has 2 rings (SSSR count). The molecular weight excluding hydrogens is 297 g/mol. The number of hydrogen-bond acceptors (Lipinski definition) is 2. The first kappa shape index (κ1) is 15.9. The first-order valence-electron chi connectivity index (χ1n) is 6.40. The van der Waals surface area contributed by atoms with E-state index in [4.69, 9.17) is 9.84 Å². The number of benzene rings is 2. The molecule has 0 bridgehead atoms. The molecule has 0 saturated heterocycles. The SMILES string of the molecule is Cc1ccc(-c2cc(C(F)(F)F)ccc2OCC(=O)O)cc1. The second-order valence-electron chi connectivity index (χ2n) is 4.76. The van der Waals surface area contributed by atoms with Crippen molar-refractivity contribution in [1.29, 1.82) is 0 Å². The van der Waals surface area contributed by atoms with Gasteiger partial charge in [-0.25, -0.2) is 4.79 Å². The van der Waals surface area contributed by atoms with Gasteiger partial charge in [-0.3, -0.25) is 0 Å². The molecule has 6 heteroatoms. The zero-order chi connectivity index (χ0) is 16.3. The fourth-order valence-corrected chi connectivity index (χ4v) is 1.93. The normalized spacial score (nSPS) is 11.3. The Morgan fingerprint density at radius 3 is 2.32 bits per heavy atom. The van der Waals surface area contributed by atoms with Crippen molar-refractivity contribution in [3.63, 3.8) is 0 Å². The third-order valence-corrected chi connectivity index (χ3v) is 3.02. The van der Waals surface area contributed by atoms with Crippen LogP contribution in [0.1, 0.15) is 11.1 Å². The van der Waals surface area contributed by atoms with E-state index in [9.17, 15) is 18.0 Å². The third-order valence-electron chi connectivity index (χ3n) is 3.02. The smallest absolute Gasteiger partial charge is 0.416 e. The maximum absolute atomic E-state index is 12.9. The molecule has 0 aliphatic carbocycles. The number of ether oxygens (including phenoxy) is 1. The number of halogens is 3. The molecule has 0 aromatic heterocycles. The van der Waals surface area contributed by atoms with Gasteiger partial charge in [0.15, 0.2) is 6.61 Å². The summed E-state index contributed by atoms with van der Waals surface area (Å²) >= 11 is 0. The number of alkyl halides is 3. The summed E-state index contributed by atoms with van der Waals surface area (Å²) in [5.41, 5.74) is 0.877. The predicted octanol–water partition coefficient (Wildman–Crippen LogP) is 4.14. The maximum atomic E-state index is 12.9. The summed E-state index contributed by atoms with van der Waals surface area (Å²) in [6.45, 7) is 1.24. The van der Waals surface area contributed by atoms with E-state index >= 15 is 0 Å². The Bertz CT molecular complexity index is 676. The first-order valence-corrected chi connectivity index (χ1v) is 6.40. The second-order valence-corrected chi connectivity index (χ2v) is 4.76. The van der Waals surface area contributed by atoms with E-state index in [0.29, 0.717) is 5.56 Å². The molecule has 3 nitrogen and oxygen atoms in total. The predicted molar refractivity (Wildman–Crippen MR) is 74.7 cm³/mol. The Hall–Kier alpha value is -2.50. The topological polar surface area (TPSA) is 46.5 Å². The molecule has 0 aliphatic rings. The van der Waals surface area contributed by atoms with Crippen molar-refractivity contribution < 1.29 is 27.8 Å². The quantitative estimate of drug-likeness (QED) is 0.923. The Kier molecular flexibility index (Phi) is 4.40. The Morgan fingerprint density at radius 2 is 1.77 bits per heavy atom. The zero-order valence-corrected chi connectivity index (χ0v) is 11.6. The molecule has 0 amide bonds. The largest absolute Gasteiger partial charge is 0.481 e. The lowest BCUT2D eigenvalue weighted by atomic mass is 10.0. The molecule has 2 aromatic carbocycles. The average molecular weight is 310 g/mol. The van der Waals surface area contributed by atoms with E-state index in [0.717, 1.165) is 23.8 Å². The fraction of sp³-hybridized carbons (Fsp3) is 0.188. The van der Waals surface area contributed by atoms with Gasteiger partial charge in [-0.1, -0.05) is 29.8 Å². The van der Waals surface area contributed by atoms with Crippen LogP contribution in [0, 0.1) is 6.92 Å². The van der Waals surface area contributed by atoms with E-state index in [1.165, 1.54) is 0 Å². The van der Waals surface area contributed by atoms with Crippen LogP contribution in [0.25, 0.3) is 11.1 Å². The molecule has 0 radical (unpaired) electrons. The van der Waals surface area contributed by atoms with Gasteiger partial charge in [0.05, 0.1) is 5.56 Å². The highest BCUT2D eigenvalue weighted by atomic mass is 19.4. The van der Waals surface area contributed by atoms with Crippen LogP contribution in [0.3, 0.4) is 0 Å². The maximum Gasteiger partial charge on any atom is 0.416 e. The van der Waals surface area contributed by atoms with Gasteiger partial charge in [-0.15, -0.1) is 0 Å². The van der Waals surface area contributed by atoms with Crippen LogP contribution in [0.5, 0.6) is 5.75 Å². The standard InChI is InChI=1S/C16H13F3O3/c1-10-2-4-11(5-3-10)13-8-12(16(17,18)19)6-7-14(13)22-9-15(20)21/h2-8H,9H2,1H3,(H,20,21). The first-order chi connectivity index (χ1) is 10.3. The number of carboxylic acid groups (broad SMARTS) is 1. The van der Waals surface area contributed by atoms with Gasteiger partial charge in [0.25, 0.3) is 0 Å². The number of aryl methyl sites for hydroxylation is 1. The van der Waals surface area contributed by atoms with Gasteiger partial charge in [0, 0.05) is 5.56 Å². The van der Waals surface area contributed by atoms with E-state index in [1.807, 2.05) is 6.92 Å². The number of carbonyl (C=O) groups is 1. The molecule has 22 heavy (non-hydrogen) atoms. The van der Waals surface area contributed by atoms with Crippen LogP contribution < -0.4 is 4.74 Å². The lowest BCUT2D eigenvalue weighted by Gasteiger charge is -2.14. The molecule has 0 fully saturated rings. The van der Waals surface area contributed by atoms with Gasteiger partial charge in [0.2, 0.25) is 0 Å². The summed E-state index contributed by atoms with van der Waals surface area (Å²) in [4.78, 5) is 10.6. The van der Waals surface area contributed by atoms with Crippen molar-refractivity contribution in [2.24, 2.45) is 0 Å². The summed E-state index contributed by atoms with van der Waals surface area (Å²) in [7, 11) is 0. The summed E-state index contributed by atoms with van der Waals surface area (Å²) in [6, 6.07) is 9.82. The number of carboxylic acids is 1. The lowest BCUT2D eigenvalue weighted by Crippen LogP contribution is -2.11. The lowest BCUT2D eigenvalue weighted by molar-refractivity contribution is -0.140. The van der Waals surface area contributed by atoms with Crippen molar-refractivity contribution >= 4 is 5.97 Å². The Labute approximate surface area is 125 Å². The van der Waals surface area contributed by atoms with Crippen molar-refractivity contribution in [3.05, 3.63) is 53.6 Å². The van der Waals surface area contributed by atoms with Gasteiger partial charge in [-0.2, -0.15) is 13.2 Å². The van der Waals surface area contributed by atoms with Crippen LogP contribution in [0.2, 0.25) is 0 Å². The number of aliphatic carboxylic acids is 1. The highest BCUT2D eigenvalue weighted by Gasteiger charge is 2.31. The molecule has 0 spiro atoms. The van der Waals surface area contributed by atoms with E-state index in [2.05, 4.69) is 0 Å². The zero-order valence-electron chi connectivity index (χ0n) is 11.6. The average Bonchev–Trinajstić information content (AvgIpc) is 2.45. The van der Waals surface area contributed by atoms with Gasteiger partial charge >= 0.3 is 12.1 Å². The summed E-state index contributed by atoms with van der Waals surface area (Å²) in [6.07, 6.45) is -4.48. The van der Waals surface area contributed by atoms with E-state index < -0.39 is 24.3 Å². The minimum atomic E-state index is -4.48. The number of hydrogen-bond donors (Lipinski definition) is 1. The number of rotatable bonds is 4. The van der Waals surface area contributed by atoms with Gasteiger partial charge < -0.3 is 9.84 Å². The fourth-order valence-electron chi connectivity index (χ4n) is 1.93. The van der Waals surface area contributed by atoms with Crippen molar-refractivity contribution in [1.82, 2.24) is 0 Å². The Balaban J connectivity index is 2.49. The minimum Gasteiger partial charge on any atom is -0.481 e. The van der Waals surface area contributed by atoms with E-state index in [-0.39, 0.29) is 11.3 Å². The molecular formula is C16H13F3O3. The monoisotopic (exact) mass is 310 g/mol. The van der Waals surface area contributed by atoms with E-state index in [1.54, 1.807) is 24.3 Å². The molecule has 0 aliphatic heterocycles. The van der Waals surface area contributed by atoms with Crippen molar-refractivity contribution in [2.75, 3.05) is 6.61 Å². The van der Waals surface area contributed by atoms with Crippen molar-refractivity contribution in [3.8, 4) is 16.9 Å². The summed E-state index contributed by atoms with van der Waals surface area (Å²) in [5, 5.41) is 8.65. The molecule has 116 valence electrons. The highest BCUT2D eigenvalue weighted by molar-refractivity contribution is 5.73. The molecule has 0 heterocycles. The van der Waals surface area contributed by atoms with Crippen LogP contribution in [0.15, 0.2) is 42.5 Å².